The Morgan fingerprint density at radius 1 is 1.30 bits per heavy atom. The van der Waals surface area contributed by atoms with Crippen molar-refractivity contribution < 1.29 is 25.8 Å². The highest BCUT2D eigenvalue weighted by Crippen LogP contribution is 2.28. The maximum Gasteiger partial charge on any atom is 0.534 e. The summed E-state index contributed by atoms with van der Waals surface area (Å²) in [4.78, 5) is 15.2. The van der Waals surface area contributed by atoms with Crippen molar-refractivity contribution in [3.8, 4) is 5.88 Å². The molecule has 2 aromatic rings. The van der Waals surface area contributed by atoms with Crippen LogP contribution < -0.4 is 9.74 Å². The SMILES string of the molecule is O=c1c(Cl)c(OS(=O)(=O)C(F)(F)F)nc2ccccn12. The third-order valence-electron chi connectivity index (χ3n) is 2.12. The lowest BCUT2D eigenvalue weighted by molar-refractivity contribution is -0.0501. The van der Waals surface area contributed by atoms with Gasteiger partial charge < -0.3 is 4.18 Å². The highest BCUT2D eigenvalue weighted by atomic mass is 35.5. The maximum atomic E-state index is 12.2. The van der Waals surface area contributed by atoms with Crippen LogP contribution in [0.5, 0.6) is 5.88 Å². The van der Waals surface area contributed by atoms with Gasteiger partial charge in [0.2, 0.25) is 0 Å². The van der Waals surface area contributed by atoms with Crippen molar-refractivity contribution in [3.05, 3.63) is 39.8 Å². The number of fused-ring (bicyclic) bond motifs is 1. The van der Waals surface area contributed by atoms with Gasteiger partial charge in [-0.25, -0.2) is 0 Å². The van der Waals surface area contributed by atoms with Gasteiger partial charge in [-0.2, -0.15) is 26.6 Å². The lowest BCUT2D eigenvalue weighted by atomic mass is 10.4. The van der Waals surface area contributed by atoms with Crippen LogP contribution in [0.4, 0.5) is 13.2 Å². The number of nitrogens with zero attached hydrogens (tertiary/aromatic N) is 2. The molecular formula is C9H4ClF3N2O4S. The van der Waals surface area contributed by atoms with Gasteiger partial charge in [0.25, 0.3) is 11.4 Å². The molecule has 0 radical (unpaired) electrons. The Morgan fingerprint density at radius 2 is 1.95 bits per heavy atom. The van der Waals surface area contributed by atoms with Crippen LogP contribution in [0, 0.1) is 0 Å². The Balaban J connectivity index is 2.63. The van der Waals surface area contributed by atoms with Crippen molar-refractivity contribution in [3.63, 3.8) is 0 Å². The Morgan fingerprint density at radius 3 is 2.55 bits per heavy atom. The molecule has 108 valence electrons. The predicted molar refractivity (Wildman–Crippen MR) is 62.1 cm³/mol. The Labute approximate surface area is 114 Å². The zero-order valence-electron chi connectivity index (χ0n) is 9.26. The van der Waals surface area contributed by atoms with Gasteiger partial charge in [0.15, 0.2) is 5.02 Å². The van der Waals surface area contributed by atoms with Gasteiger partial charge in [0.1, 0.15) is 5.65 Å². The molecule has 0 aromatic carbocycles. The van der Waals surface area contributed by atoms with E-state index in [1.165, 1.54) is 24.4 Å². The quantitative estimate of drug-likeness (QED) is 0.618. The van der Waals surface area contributed by atoms with Crippen LogP contribution in [0.15, 0.2) is 29.2 Å². The first kappa shape index (κ1) is 14.6. The highest BCUT2D eigenvalue weighted by Gasteiger charge is 2.49. The average Bonchev–Trinajstić information content (AvgIpc) is 2.34. The van der Waals surface area contributed by atoms with E-state index in [9.17, 15) is 26.4 Å². The van der Waals surface area contributed by atoms with Crippen molar-refractivity contribution in [2.75, 3.05) is 0 Å². The number of hydrogen-bond donors (Lipinski definition) is 0. The van der Waals surface area contributed by atoms with Crippen molar-refractivity contribution in [2.45, 2.75) is 5.51 Å². The molecule has 0 bridgehead atoms. The van der Waals surface area contributed by atoms with Crippen molar-refractivity contribution in [2.24, 2.45) is 0 Å². The number of rotatable bonds is 2. The summed E-state index contributed by atoms with van der Waals surface area (Å²) in [6.45, 7) is 0. The molecule has 0 saturated carbocycles. The standard InChI is InChI=1S/C9H4ClF3N2O4S/c10-6-7(19-20(17,18)9(11,12)13)14-5-3-1-2-4-15(5)8(6)16/h1-4H. The van der Waals surface area contributed by atoms with Gasteiger partial charge in [0, 0.05) is 6.20 Å². The molecule has 0 N–H and O–H groups in total. The molecule has 0 fully saturated rings. The van der Waals surface area contributed by atoms with Gasteiger partial charge in [-0.15, -0.1) is 0 Å². The van der Waals surface area contributed by atoms with Gasteiger partial charge in [0.05, 0.1) is 0 Å². The molecule has 11 heteroatoms. The van der Waals surface area contributed by atoms with Crippen LogP contribution in [0.2, 0.25) is 5.02 Å². The summed E-state index contributed by atoms with van der Waals surface area (Å²) in [5, 5.41) is -0.874. The van der Waals surface area contributed by atoms with Crippen LogP contribution in [0.25, 0.3) is 5.65 Å². The summed E-state index contributed by atoms with van der Waals surface area (Å²) in [6, 6.07) is 4.17. The smallest absolute Gasteiger partial charge is 0.353 e. The molecular weight excluding hydrogens is 325 g/mol. The summed E-state index contributed by atoms with van der Waals surface area (Å²) in [5.74, 6) is -1.12. The molecule has 2 heterocycles. The molecule has 0 spiro atoms. The second-order valence-electron chi connectivity index (χ2n) is 3.45. The van der Waals surface area contributed by atoms with Crippen LogP contribution in [0.3, 0.4) is 0 Å². The third-order valence-corrected chi connectivity index (χ3v) is 3.39. The lowest BCUT2D eigenvalue weighted by Gasteiger charge is -2.10. The van der Waals surface area contributed by atoms with E-state index in [0.717, 1.165) is 4.40 Å². The minimum absolute atomic E-state index is 0.116. The van der Waals surface area contributed by atoms with Gasteiger partial charge in [-0.05, 0) is 12.1 Å². The van der Waals surface area contributed by atoms with E-state index in [2.05, 4.69) is 9.17 Å². The second-order valence-corrected chi connectivity index (χ2v) is 5.36. The molecule has 0 aliphatic rings. The van der Waals surface area contributed by atoms with Gasteiger partial charge >= 0.3 is 15.6 Å². The normalized spacial score (nSPS) is 12.6. The summed E-state index contributed by atoms with van der Waals surface area (Å²) in [5.41, 5.74) is -6.72. The molecule has 0 atom stereocenters. The van der Waals surface area contributed by atoms with Gasteiger partial charge in [-0.1, -0.05) is 17.7 Å². The predicted octanol–water partition coefficient (Wildman–Crippen LogP) is 1.58. The monoisotopic (exact) mass is 328 g/mol. The van der Waals surface area contributed by atoms with E-state index in [0.29, 0.717) is 0 Å². The summed E-state index contributed by atoms with van der Waals surface area (Å²) in [7, 11) is -5.95. The van der Waals surface area contributed by atoms with E-state index in [-0.39, 0.29) is 5.65 Å². The minimum Gasteiger partial charge on any atom is -0.353 e. The topological polar surface area (TPSA) is 77.7 Å². The summed E-state index contributed by atoms with van der Waals surface area (Å²) < 4.78 is 63.0. The fraction of sp³-hybridized carbons (Fsp3) is 0.111. The number of pyridine rings is 1. The van der Waals surface area contributed by atoms with Crippen molar-refractivity contribution >= 4 is 27.4 Å². The first-order chi connectivity index (χ1) is 9.13. The molecule has 0 amide bonds. The van der Waals surface area contributed by atoms with Gasteiger partial charge in [-0.3, -0.25) is 9.20 Å². The Bertz CT molecular complexity index is 831. The number of hydrogen-bond acceptors (Lipinski definition) is 5. The largest absolute Gasteiger partial charge is 0.534 e. The van der Waals surface area contributed by atoms with E-state index < -0.39 is 32.1 Å². The number of aromatic nitrogens is 2. The van der Waals surface area contributed by atoms with Crippen molar-refractivity contribution in [1.82, 2.24) is 9.38 Å². The van der Waals surface area contributed by atoms with E-state index >= 15 is 0 Å². The van der Waals surface area contributed by atoms with E-state index in [1.54, 1.807) is 0 Å². The number of alkyl halides is 3. The summed E-state index contributed by atoms with van der Waals surface area (Å²) >= 11 is 5.48. The summed E-state index contributed by atoms with van der Waals surface area (Å²) in [6.07, 6.45) is 1.26. The molecule has 2 rings (SSSR count). The third kappa shape index (κ3) is 2.43. The Kier molecular flexibility index (Phi) is 3.38. The Hall–Kier alpha value is -1.81. The molecule has 0 aliphatic carbocycles. The molecule has 0 aliphatic heterocycles. The van der Waals surface area contributed by atoms with Crippen LogP contribution in [-0.4, -0.2) is 23.3 Å². The van der Waals surface area contributed by atoms with Crippen LogP contribution in [0.1, 0.15) is 0 Å². The lowest BCUT2D eigenvalue weighted by Crippen LogP contribution is -2.29. The molecule has 20 heavy (non-hydrogen) atoms. The maximum absolute atomic E-state index is 12.2. The van der Waals surface area contributed by atoms with E-state index in [4.69, 9.17) is 11.6 Å². The number of halogens is 4. The van der Waals surface area contributed by atoms with Crippen LogP contribution >= 0.6 is 11.6 Å². The minimum atomic E-state index is -5.95. The second kappa shape index (κ2) is 4.63. The zero-order chi connectivity index (χ0) is 15.1. The molecule has 2 aromatic heterocycles. The van der Waals surface area contributed by atoms with Crippen molar-refractivity contribution in [1.29, 1.82) is 0 Å². The molecule has 0 saturated heterocycles. The fourth-order valence-corrected chi connectivity index (χ4v) is 1.89. The molecule has 0 unspecified atom stereocenters. The fourth-order valence-electron chi connectivity index (χ4n) is 1.25. The first-order valence-electron chi connectivity index (χ1n) is 4.81. The highest BCUT2D eigenvalue weighted by molar-refractivity contribution is 7.88. The zero-order valence-corrected chi connectivity index (χ0v) is 10.8. The molecule has 6 nitrogen and oxygen atoms in total. The first-order valence-corrected chi connectivity index (χ1v) is 6.60. The van der Waals surface area contributed by atoms with E-state index in [1.807, 2.05) is 0 Å². The average molecular weight is 329 g/mol. The van der Waals surface area contributed by atoms with Crippen LogP contribution in [-0.2, 0) is 10.1 Å².